The van der Waals surface area contributed by atoms with Gasteiger partial charge in [0.15, 0.2) is 0 Å². The van der Waals surface area contributed by atoms with Crippen LogP contribution in [0.3, 0.4) is 0 Å². The fourth-order valence-corrected chi connectivity index (χ4v) is 4.02. The van der Waals surface area contributed by atoms with Gasteiger partial charge in [-0.25, -0.2) is 4.79 Å². The SMILES string of the molecule is COC(=O)C1N2C(=O)C(CO)C2SC1(C)C. The molecule has 3 atom stereocenters. The van der Waals surface area contributed by atoms with Gasteiger partial charge in [-0.15, -0.1) is 11.8 Å². The number of nitrogens with zero attached hydrogens (tertiary/aromatic N) is 1. The van der Waals surface area contributed by atoms with E-state index in [0.29, 0.717) is 0 Å². The van der Waals surface area contributed by atoms with Gasteiger partial charge in [0.05, 0.1) is 25.0 Å². The zero-order valence-electron chi connectivity index (χ0n) is 9.47. The molecule has 1 amide bonds. The van der Waals surface area contributed by atoms with Gasteiger partial charge in [-0.3, -0.25) is 4.79 Å². The van der Waals surface area contributed by atoms with Crippen LogP contribution in [0.25, 0.3) is 0 Å². The van der Waals surface area contributed by atoms with Crippen LogP contribution in [0, 0.1) is 5.92 Å². The quantitative estimate of drug-likeness (QED) is 0.540. The van der Waals surface area contributed by atoms with E-state index < -0.39 is 6.04 Å². The van der Waals surface area contributed by atoms with Crippen molar-refractivity contribution >= 4 is 23.6 Å². The molecule has 90 valence electrons. The molecule has 0 aromatic carbocycles. The van der Waals surface area contributed by atoms with Gasteiger partial charge in [-0.1, -0.05) is 0 Å². The highest BCUT2D eigenvalue weighted by Crippen LogP contribution is 2.53. The number of esters is 1. The highest BCUT2D eigenvalue weighted by molar-refractivity contribution is 8.01. The van der Waals surface area contributed by atoms with E-state index in [-0.39, 0.29) is 34.5 Å². The number of aliphatic hydroxyl groups is 1. The molecule has 0 aromatic heterocycles. The Morgan fingerprint density at radius 1 is 1.62 bits per heavy atom. The molecule has 1 N–H and O–H groups in total. The summed E-state index contributed by atoms with van der Waals surface area (Å²) in [5.74, 6) is -0.898. The minimum absolute atomic E-state index is 0.0865. The molecule has 5 nitrogen and oxygen atoms in total. The molecular formula is C10H15NO4S. The van der Waals surface area contributed by atoms with E-state index in [2.05, 4.69) is 0 Å². The Kier molecular flexibility index (Phi) is 2.66. The number of rotatable bonds is 2. The molecule has 0 bridgehead atoms. The summed E-state index contributed by atoms with van der Waals surface area (Å²) in [5, 5.41) is 8.99. The maximum atomic E-state index is 11.7. The van der Waals surface area contributed by atoms with Crippen LogP contribution in [-0.2, 0) is 14.3 Å². The van der Waals surface area contributed by atoms with Gasteiger partial charge in [0.1, 0.15) is 6.04 Å². The molecule has 2 aliphatic rings. The van der Waals surface area contributed by atoms with Crippen LogP contribution < -0.4 is 0 Å². The summed E-state index contributed by atoms with van der Waals surface area (Å²) in [5.41, 5.74) is 0. The number of hydrogen-bond donors (Lipinski definition) is 1. The van der Waals surface area contributed by atoms with E-state index >= 15 is 0 Å². The highest BCUT2D eigenvalue weighted by atomic mass is 32.2. The molecular weight excluding hydrogens is 230 g/mol. The number of hydrogen-bond acceptors (Lipinski definition) is 5. The van der Waals surface area contributed by atoms with E-state index in [1.165, 1.54) is 12.0 Å². The van der Waals surface area contributed by atoms with Gasteiger partial charge in [-0.2, -0.15) is 0 Å². The Morgan fingerprint density at radius 2 is 2.25 bits per heavy atom. The van der Waals surface area contributed by atoms with E-state index in [1.807, 2.05) is 13.8 Å². The van der Waals surface area contributed by atoms with Crippen molar-refractivity contribution in [3.63, 3.8) is 0 Å². The van der Waals surface area contributed by atoms with Crippen LogP contribution in [-0.4, -0.2) is 51.8 Å². The molecule has 0 aliphatic carbocycles. The number of amides is 1. The summed E-state index contributed by atoms with van der Waals surface area (Å²) >= 11 is 1.55. The molecule has 0 radical (unpaired) electrons. The first kappa shape index (κ1) is 11.7. The highest BCUT2D eigenvalue weighted by Gasteiger charge is 2.63. The predicted octanol–water partition coefficient (Wildman–Crippen LogP) is -0.170. The molecule has 2 aliphatic heterocycles. The Balaban J connectivity index is 2.26. The van der Waals surface area contributed by atoms with Crippen molar-refractivity contribution in [3.8, 4) is 0 Å². The number of methoxy groups -OCH3 is 1. The van der Waals surface area contributed by atoms with Crippen molar-refractivity contribution in [2.45, 2.75) is 30.0 Å². The van der Waals surface area contributed by atoms with Crippen LogP contribution in [0.2, 0.25) is 0 Å². The first-order chi connectivity index (χ1) is 7.44. The third kappa shape index (κ3) is 1.36. The lowest BCUT2D eigenvalue weighted by Crippen LogP contribution is -2.63. The summed E-state index contributed by atoms with van der Waals surface area (Å²) in [4.78, 5) is 24.9. The standard InChI is InChI=1S/C10H15NO4S/c1-10(2)6(9(14)15-3)11-7(13)5(4-12)8(11)16-10/h5-6,8,12H,4H2,1-3H3. The number of β-lactam (4-membered cyclic amide) rings is 1. The molecule has 6 heteroatoms. The lowest BCUT2D eigenvalue weighted by molar-refractivity contribution is -0.166. The Labute approximate surface area is 98.1 Å². The van der Waals surface area contributed by atoms with Crippen LogP contribution in [0.5, 0.6) is 0 Å². The van der Waals surface area contributed by atoms with Gasteiger partial charge in [0, 0.05) is 4.75 Å². The molecule has 2 rings (SSSR count). The zero-order chi connectivity index (χ0) is 12.1. The van der Waals surface area contributed by atoms with E-state index in [4.69, 9.17) is 9.84 Å². The fraction of sp³-hybridized carbons (Fsp3) is 0.800. The molecule has 0 spiro atoms. The number of aliphatic hydroxyl groups excluding tert-OH is 1. The normalized spacial score (nSPS) is 35.6. The first-order valence-electron chi connectivity index (χ1n) is 5.12. The maximum absolute atomic E-state index is 11.7. The van der Waals surface area contributed by atoms with Crippen molar-refractivity contribution in [3.05, 3.63) is 0 Å². The van der Waals surface area contributed by atoms with Crippen molar-refractivity contribution in [2.24, 2.45) is 5.92 Å². The molecule has 2 heterocycles. The molecule has 16 heavy (non-hydrogen) atoms. The molecule has 2 saturated heterocycles. The average Bonchev–Trinajstić information content (AvgIpc) is 2.47. The number of carbonyl (C=O) groups excluding carboxylic acids is 2. The topological polar surface area (TPSA) is 66.8 Å². The third-order valence-electron chi connectivity index (χ3n) is 3.17. The first-order valence-corrected chi connectivity index (χ1v) is 6.00. The fourth-order valence-electron chi connectivity index (χ4n) is 2.35. The maximum Gasteiger partial charge on any atom is 0.330 e. The number of carbonyl (C=O) groups is 2. The van der Waals surface area contributed by atoms with Crippen molar-refractivity contribution in [1.82, 2.24) is 4.90 Å². The number of fused-ring (bicyclic) bond motifs is 1. The second kappa shape index (κ2) is 3.63. The third-order valence-corrected chi connectivity index (χ3v) is 4.80. The van der Waals surface area contributed by atoms with Gasteiger partial charge in [-0.05, 0) is 13.8 Å². The monoisotopic (exact) mass is 245 g/mol. The van der Waals surface area contributed by atoms with Crippen LogP contribution in [0.15, 0.2) is 0 Å². The summed E-state index contributed by atoms with van der Waals surface area (Å²) in [6.45, 7) is 3.68. The molecule has 0 saturated carbocycles. The molecule has 2 fully saturated rings. The van der Waals surface area contributed by atoms with Gasteiger partial charge in [0.25, 0.3) is 0 Å². The second-order valence-electron chi connectivity index (χ2n) is 4.57. The lowest BCUT2D eigenvalue weighted by Gasteiger charge is -2.43. The summed E-state index contributed by atoms with van der Waals surface area (Å²) < 4.78 is 4.37. The Bertz CT molecular complexity index is 344. The van der Waals surface area contributed by atoms with Crippen LogP contribution >= 0.6 is 11.8 Å². The summed E-state index contributed by atoms with van der Waals surface area (Å²) in [6.07, 6.45) is 0. The van der Waals surface area contributed by atoms with Gasteiger partial charge < -0.3 is 14.7 Å². The van der Waals surface area contributed by atoms with Crippen molar-refractivity contribution < 1.29 is 19.4 Å². The van der Waals surface area contributed by atoms with Crippen LogP contribution in [0.4, 0.5) is 0 Å². The second-order valence-corrected chi connectivity index (χ2v) is 6.34. The number of ether oxygens (including phenoxy) is 1. The lowest BCUT2D eigenvalue weighted by atomic mass is 9.92. The van der Waals surface area contributed by atoms with Crippen molar-refractivity contribution in [2.75, 3.05) is 13.7 Å². The summed E-state index contributed by atoms with van der Waals surface area (Å²) in [7, 11) is 1.32. The van der Waals surface area contributed by atoms with E-state index in [0.717, 1.165) is 0 Å². The Hall–Kier alpha value is -0.750. The Morgan fingerprint density at radius 3 is 2.75 bits per heavy atom. The van der Waals surface area contributed by atoms with Crippen LogP contribution in [0.1, 0.15) is 13.8 Å². The largest absolute Gasteiger partial charge is 0.467 e. The van der Waals surface area contributed by atoms with E-state index in [1.54, 1.807) is 11.8 Å². The minimum Gasteiger partial charge on any atom is -0.467 e. The average molecular weight is 245 g/mol. The van der Waals surface area contributed by atoms with Gasteiger partial charge in [0.2, 0.25) is 5.91 Å². The predicted molar refractivity (Wildman–Crippen MR) is 58.7 cm³/mol. The van der Waals surface area contributed by atoms with E-state index in [9.17, 15) is 9.59 Å². The van der Waals surface area contributed by atoms with Gasteiger partial charge >= 0.3 is 5.97 Å². The zero-order valence-corrected chi connectivity index (χ0v) is 10.3. The minimum atomic E-state index is -0.539. The molecule has 0 aromatic rings. The van der Waals surface area contributed by atoms with Crippen molar-refractivity contribution in [1.29, 1.82) is 0 Å². The summed E-state index contributed by atoms with van der Waals surface area (Å²) in [6, 6.07) is -0.539. The smallest absolute Gasteiger partial charge is 0.330 e. The number of thioether (sulfide) groups is 1. The molecule has 3 unspecified atom stereocenters.